The highest BCUT2D eigenvalue weighted by atomic mass is 15.2. The SMILES string of the molecule is CC1CCCN(C2CC(C(C)(C)C)CCC2CN)C1. The molecule has 2 fully saturated rings. The van der Waals surface area contributed by atoms with E-state index in [1.165, 1.54) is 45.2 Å². The highest BCUT2D eigenvalue weighted by molar-refractivity contribution is 4.92. The Balaban J connectivity index is 2.05. The molecule has 1 aliphatic heterocycles. The minimum absolute atomic E-state index is 0.458. The maximum absolute atomic E-state index is 6.06. The first-order chi connectivity index (χ1) is 8.91. The maximum Gasteiger partial charge on any atom is 0.0138 e. The molecule has 0 radical (unpaired) electrons. The summed E-state index contributed by atoms with van der Waals surface area (Å²) < 4.78 is 0. The average Bonchev–Trinajstić information content (AvgIpc) is 2.37. The van der Waals surface area contributed by atoms with Crippen molar-refractivity contribution in [2.75, 3.05) is 19.6 Å². The third-order valence-corrected chi connectivity index (χ3v) is 5.64. The monoisotopic (exact) mass is 266 g/mol. The van der Waals surface area contributed by atoms with Crippen molar-refractivity contribution >= 4 is 0 Å². The summed E-state index contributed by atoms with van der Waals surface area (Å²) in [7, 11) is 0. The summed E-state index contributed by atoms with van der Waals surface area (Å²) in [6.07, 6.45) is 6.89. The lowest BCUT2D eigenvalue weighted by atomic mass is 9.67. The molecule has 2 nitrogen and oxygen atoms in total. The van der Waals surface area contributed by atoms with Crippen LogP contribution in [0.3, 0.4) is 0 Å². The van der Waals surface area contributed by atoms with Crippen molar-refractivity contribution in [1.82, 2.24) is 4.90 Å². The molecule has 112 valence electrons. The van der Waals surface area contributed by atoms with Crippen LogP contribution in [0.25, 0.3) is 0 Å². The van der Waals surface area contributed by atoms with E-state index in [2.05, 4.69) is 32.6 Å². The van der Waals surface area contributed by atoms with Crippen LogP contribution in [0.5, 0.6) is 0 Å². The molecule has 4 atom stereocenters. The fraction of sp³-hybridized carbons (Fsp3) is 1.00. The minimum Gasteiger partial charge on any atom is -0.330 e. The predicted molar refractivity (Wildman–Crippen MR) is 83.1 cm³/mol. The molecule has 1 saturated heterocycles. The number of hydrogen-bond donors (Lipinski definition) is 1. The standard InChI is InChI=1S/C17H34N2/c1-13-6-5-9-19(12-13)16-10-15(17(2,3)4)8-7-14(16)11-18/h13-16H,5-12,18H2,1-4H3. The van der Waals surface area contributed by atoms with Crippen molar-refractivity contribution in [3.05, 3.63) is 0 Å². The van der Waals surface area contributed by atoms with E-state index in [0.717, 1.165) is 30.3 Å². The van der Waals surface area contributed by atoms with Gasteiger partial charge in [0.2, 0.25) is 0 Å². The summed E-state index contributed by atoms with van der Waals surface area (Å²) in [4.78, 5) is 2.78. The molecule has 0 amide bonds. The zero-order valence-corrected chi connectivity index (χ0v) is 13.5. The van der Waals surface area contributed by atoms with E-state index in [9.17, 15) is 0 Å². The molecule has 0 aromatic rings. The van der Waals surface area contributed by atoms with Gasteiger partial charge in [0.05, 0.1) is 0 Å². The quantitative estimate of drug-likeness (QED) is 0.829. The van der Waals surface area contributed by atoms with Crippen molar-refractivity contribution < 1.29 is 0 Å². The molecule has 0 aromatic heterocycles. The molecule has 0 spiro atoms. The fourth-order valence-corrected chi connectivity index (χ4v) is 4.25. The van der Waals surface area contributed by atoms with Gasteiger partial charge in [0.25, 0.3) is 0 Å². The molecule has 0 aromatic carbocycles. The molecule has 1 heterocycles. The van der Waals surface area contributed by atoms with Crippen molar-refractivity contribution in [2.24, 2.45) is 28.9 Å². The lowest BCUT2D eigenvalue weighted by molar-refractivity contribution is 0.0238. The van der Waals surface area contributed by atoms with Gasteiger partial charge in [0.15, 0.2) is 0 Å². The van der Waals surface area contributed by atoms with E-state index < -0.39 is 0 Å². The maximum atomic E-state index is 6.06. The number of likely N-dealkylation sites (tertiary alicyclic amines) is 1. The zero-order valence-electron chi connectivity index (χ0n) is 13.5. The second-order valence-corrected chi connectivity index (χ2v) is 8.18. The number of piperidine rings is 1. The summed E-state index contributed by atoms with van der Waals surface area (Å²) in [6.45, 7) is 13.1. The number of hydrogen-bond acceptors (Lipinski definition) is 2. The van der Waals surface area contributed by atoms with E-state index in [1.54, 1.807) is 0 Å². The van der Waals surface area contributed by atoms with Crippen molar-refractivity contribution in [3.63, 3.8) is 0 Å². The summed E-state index contributed by atoms with van der Waals surface area (Å²) in [5, 5.41) is 0. The highest BCUT2D eigenvalue weighted by Crippen LogP contribution is 2.42. The van der Waals surface area contributed by atoms with Gasteiger partial charge in [-0.15, -0.1) is 0 Å². The van der Waals surface area contributed by atoms with Crippen LogP contribution in [0.4, 0.5) is 0 Å². The third kappa shape index (κ3) is 3.72. The van der Waals surface area contributed by atoms with E-state index >= 15 is 0 Å². The second-order valence-electron chi connectivity index (χ2n) is 8.18. The Morgan fingerprint density at radius 3 is 2.47 bits per heavy atom. The average molecular weight is 266 g/mol. The topological polar surface area (TPSA) is 29.3 Å². The lowest BCUT2D eigenvalue weighted by Crippen LogP contribution is -2.51. The summed E-state index contributed by atoms with van der Waals surface area (Å²) >= 11 is 0. The molecular weight excluding hydrogens is 232 g/mol. The summed E-state index contributed by atoms with van der Waals surface area (Å²) in [5.74, 6) is 2.49. The van der Waals surface area contributed by atoms with Crippen LogP contribution in [0.2, 0.25) is 0 Å². The van der Waals surface area contributed by atoms with Gasteiger partial charge in [-0.2, -0.15) is 0 Å². The highest BCUT2D eigenvalue weighted by Gasteiger charge is 2.38. The molecular formula is C17H34N2. The van der Waals surface area contributed by atoms with Gasteiger partial charge in [0.1, 0.15) is 0 Å². The van der Waals surface area contributed by atoms with Gasteiger partial charge >= 0.3 is 0 Å². The normalized spacial score (nSPS) is 38.4. The number of nitrogens with zero attached hydrogens (tertiary/aromatic N) is 1. The zero-order chi connectivity index (χ0) is 14.0. The van der Waals surface area contributed by atoms with Crippen LogP contribution >= 0.6 is 0 Å². The Morgan fingerprint density at radius 2 is 1.89 bits per heavy atom. The van der Waals surface area contributed by atoms with Crippen LogP contribution in [-0.2, 0) is 0 Å². The number of nitrogens with two attached hydrogens (primary N) is 1. The van der Waals surface area contributed by atoms with Crippen LogP contribution < -0.4 is 5.73 Å². The molecule has 0 bridgehead atoms. The summed E-state index contributed by atoms with van der Waals surface area (Å²) in [5.41, 5.74) is 6.52. The molecule has 2 rings (SSSR count). The van der Waals surface area contributed by atoms with Crippen molar-refractivity contribution in [3.8, 4) is 0 Å². The van der Waals surface area contributed by atoms with Crippen molar-refractivity contribution in [2.45, 2.75) is 65.8 Å². The fourth-order valence-electron chi connectivity index (χ4n) is 4.25. The Labute approximate surface area is 120 Å². The van der Waals surface area contributed by atoms with E-state index in [1.807, 2.05) is 0 Å². The van der Waals surface area contributed by atoms with Crippen LogP contribution in [0.1, 0.15) is 59.8 Å². The van der Waals surface area contributed by atoms with Crippen molar-refractivity contribution in [1.29, 1.82) is 0 Å². The van der Waals surface area contributed by atoms with Crippen LogP contribution in [0, 0.1) is 23.2 Å². The predicted octanol–water partition coefficient (Wildman–Crippen LogP) is 3.51. The third-order valence-electron chi connectivity index (χ3n) is 5.64. The lowest BCUT2D eigenvalue weighted by Gasteiger charge is -2.48. The Kier molecular flexibility index (Phi) is 4.94. The first-order valence-electron chi connectivity index (χ1n) is 8.36. The second kappa shape index (κ2) is 6.13. The first-order valence-corrected chi connectivity index (χ1v) is 8.36. The van der Waals surface area contributed by atoms with E-state index in [4.69, 9.17) is 5.73 Å². The first kappa shape index (κ1) is 15.3. The molecule has 4 unspecified atom stereocenters. The Bertz CT molecular complexity index is 281. The van der Waals surface area contributed by atoms with Gasteiger partial charge in [-0.3, -0.25) is 4.90 Å². The van der Waals surface area contributed by atoms with Gasteiger partial charge < -0.3 is 5.73 Å². The van der Waals surface area contributed by atoms with Gasteiger partial charge in [-0.1, -0.05) is 27.7 Å². The summed E-state index contributed by atoms with van der Waals surface area (Å²) in [6, 6.07) is 0.755. The van der Waals surface area contributed by atoms with E-state index in [0.29, 0.717) is 5.41 Å². The van der Waals surface area contributed by atoms with E-state index in [-0.39, 0.29) is 0 Å². The minimum atomic E-state index is 0.458. The Morgan fingerprint density at radius 1 is 1.16 bits per heavy atom. The molecule has 2 aliphatic rings. The van der Waals surface area contributed by atoms with Gasteiger partial charge in [-0.05, 0) is 68.4 Å². The molecule has 2 heteroatoms. The Hall–Kier alpha value is -0.0800. The molecule has 1 saturated carbocycles. The molecule has 19 heavy (non-hydrogen) atoms. The molecule has 2 N–H and O–H groups in total. The van der Waals surface area contributed by atoms with Crippen LogP contribution in [-0.4, -0.2) is 30.6 Å². The smallest absolute Gasteiger partial charge is 0.0138 e. The van der Waals surface area contributed by atoms with Gasteiger partial charge in [0, 0.05) is 12.6 Å². The number of rotatable bonds is 2. The van der Waals surface area contributed by atoms with Crippen LogP contribution in [0.15, 0.2) is 0 Å². The largest absolute Gasteiger partial charge is 0.330 e. The van der Waals surface area contributed by atoms with Gasteiger partial charge in [-0.25, -0.2) is 0 Å². The molecule has 1 aliphatic carbocycles.